The first kappa shape index (κ1) is 9.81. The number of nitrogens with zero attached hydrogens (tertiary/aromatic N) is 2. The van der Waals surface area contributed by atoms with E-state index in [1.165, 1.54) is 13.3 Å². The Morgan fingerprint density at radius 2 is 1.91 bits per heavy atom. The van der Waals surface area contributed by atoms with E-state index in [2.05, 4.69) is 9.97 Å². The molecule has 1 aromatic rings. The lowest BCUT2D eigenvalue weighted by Crippen LogP contribution is -1.98. The van der Waals surface area contributed by atoms with Gasteiger partial charge in [0.2, 0.25) is 0 Å². The van der Waals surface area contributed by atoms with E-state index in [1.54, 1.807) is 0 Å². The Morgan fingerprint density at radius 1 is 1.36 bits per heavy atom. The number of hydrogen-bond acceptors (Lipinski definition) is 3. The largest absolute Gasteiger partial charge is 0.381 e. The van der Waals surface area contributed by atoms with Crippen LogP contribution in [0.2, 0.25) is 0 Å². The Kier molecular flexibility index (Phi) is 4.10. The summed E-state index contributed by atoms with van der Waals surface area (Å²) in [6.45, 7) is 5.54. The van der Waals surface area contributed by atoms with Gasteiger partial charge in [0.05, 0.1) is 5.69 Å². The van der Waals surface area contributed by atoms with Crippen molar-refractivity contribution in [2.45, 2.75) is 20.8 Å². The third-order valence-electron chi connectivity index (χ3n) is 0.991. The summed E-state index contributed by atoms with van der Waals surface area (Å²) >= 11 is 0. The molecule has 4 heteroatoms. The third-order valence-corrected chi connectivity index (χ3v) is 0.991. The van der Waals surface area contributed by atoms with Gasteiger partial charge in [0.25, 0.3) is 0 Å². The van der Waals surface area contributed by atoms with E-state index in [0.29, 0.717) is 0 Å². The van der Waals surface area contributed by atoms with Gasteiger partial charge in [0, 0.05) is 0 Å². The van der Waals surface area contributed by atoms with Crippen LogP contribution < -0.4 is 5.73 Å². The highest BCUT2D eigenvalue weighted by Crippen LogP contribution is 2.05. The molecule has 0 saturated heterocycles. The standard InChI is InChI=1S/C5H6FN3.C2H6/c1-3-4(6)5(7)9-2-8-3;1-2/h2H,1H3,(H2,7,8,9);1-2H3. The van der Waals surface area contributed by atoms with E-state index in [-0.39, 0.29) is 11.5 Å². The number of aryl methyl sites for hydroxylation is 1. The van der Waals surface area contributed by atoms with Crippen molar-refractivity contribution in [2.75, 3.05) is 5.73 Å². The Morgan fingerprint density at radius 3 is 2.27 bits per heavy atom. The number of nitrogen functional groups attached to an aromatic ring is 1. The molecule has 11 heavy (non-hydrogen) atoms. The van der Waals surface area contributed by atoms with Crippen molar-refractivity contribution in [1.29, 1.82) is 0 Å². The SMILES string of the molecule is CC.Cc1ncnc(N)c1F. The van der Waals surface area contributed by atoms with E-state index in [4.69, 9.17) is 5.73 Å². The van der Waals surface area contributed by atoms with Gasteiger partial charge in [-0.15, -0.1) is 0 Å². The van der Waals surface area contributed by atoms with Crippen molar-refractivity contribution in [3.05, 3.63) is 17.8 Å². The lowest BCUT2D eigenvalue weighted by Gasteiger charge is -1.94. The molecule has 62 valence electrons. The summed E-state index contributed by atoms with van der Waals surface area (Å²) in [7, 11) is 0. The van der Waals surface area contributed by atoms with Crippen molar-refractivity contribution < 1.29 is 4.39 Å². The minimum absolute atomic E-state index is 0.0949. The van der Waals surface area contributed by atoms with Gasteiger partial charge in [0.1, 0.15) is 6.33 Å². The summed E-state index contributed by atoms with van der Waals surface area (Å²) in [5, 5.41) is 0. The second kappa shape index (κ2) is 4.60. The average Bonchev–Trinajstić information content (AvgIpc) is 2.04. The molecule has 0 aliphatic carbocycles. The molecule has 0 saturated carbocycles. The summed E-state index contributed by atoms with van der Waals surface area (Å²) in [5.74, 6) is -0.625. The fourth-order valence-electron chi connectivity index (χ4n) is 0.476. The zero-order valence-electron chi connectivity index (χ0n) is 6.93. The maximum Gasteiger partial charge on any atom is 0.186 e. The quantitative estimate of drug-likeness (QED) is 0.621. The van der Waals surface area contributed by atoms with Crippen LogP contribution in [0.15, 0.2) is 6.33 Å². The Bertz CT molecular complexity index is 205. The van der Waals surface area contributed by atoms with Crippen LogP contribution in [0.5, 0.6) is 0 Å². The van der Waals surface area contributed by atoms with Crippen LogP contribution in [0.25, 0.3) is 0 Å². The van der Waals surface area contributed by atoms with E-state index >= 15 is 0 Å². The molecular weight excluding hydrogens is 145 g/mol. The van der Waals surface area contributed by atoms with Crippen LogP contribution in [0.4, 0.5) is 10.2 Å². The molecular formula is C7H12FN3. The number of rotatable bonds is 0. The summed E-state index contributed by atoms with van der Waals surface area (Å²) < 4.78 is 12.5. The molecule has 1 heterocycles. The van der Waals surface area contributed by atoms with Crippen molar-refractivity contribution in [3.8, 4) is 0 Å². The van der Waals surface area contributed by atoms with Gasteiger partial charge in [-0.05, 0) is 6.92 Å². The first-order valence-corrected chi connectivity index (χ1v) is 3.44. The highest BCUT2D eigenvalue weighted by atomic mass is 19.1. The monoisotopic (exact) mass is 157 g/mol. The number of anilines is 1. The minimum atomic E-state index is -0.530. The zero-order valence-corrected chi connectivity index (χ0v) is 6.93. The minimum Gasteiger partial charge on any atom is -0.381 e. The van der Waals surface area contributed by atoms with Gasteiger partial charge in [-0.25, -0.2) is 14.4 Å². The molecule has 0 radical (unpaired) electrons. The van der Waals surface area contributed by atoms with Crippen LogP contribution in [-0.2, 0) is 0 Å². The first-order chi connectivity index (χ1) is 5.22. The van der Waals surface area contributed by atoms with E-state index in [0.717, 1.165) is 0 Å². The topological polar surface area (TPSA) is 51.8 Å². The van der Waals surface area contributed by atoms with Crippen LogP contribution in [0, 0.1) is 12.7 Å². The molecule has 0 unspecified atom stereocenters. The molecule has 0 aromatic carbocycles. The fraction of sp³-hybridized carbons (Fsp3) is 0.429. The van der Waals surface area contributed by atoms with Gasteiger partial charge >= 0.3 is 0 Å². The molecule has 0 fully saturated rings. The van der Waals surface area contributed by atoms with Crippen LogP contribution >= 0.6 is 0 Å². The highest BCUT2D eigenvalue weighted by Gasteiger charge is 2.00. The fourth-order valence-corrected chi connectivity index (χ4v) is 0.476. The highest BCUT2D eigenvalue weighted by molar-refractivity contribution is 5.29. The number of nitrogens with two attached hydrogens (primary N) is 1. The summed E-state index contributed by atoms with van der Waals surface area (Å²) in [5.41, 5.74) is 5.37. The molecule has 0 bridgehead atoms. The molecule has 0 aliphatic rings. The van der Waals surface area contributed by atoms with Crippen LogP contribution in [-0.4, -0.2) is 9.97 Å². The van der Waals surface area contributed by atoms with E-state index in [9.17, 15) is 4.39 Å². The first-order valence-electron chi connectivity index (χ1n) is 3.44. The molecule has 2 N–H and O–H groups in total. The van der Waals surface area contributed by atoms with Gasteiger partial charge in [-0.1, -0.05) is 13.8 Å². The normalized spacial score (nSPS) is 8.36. The predicted molar refractivity (Wildman–Crippen MR) is 42.5 cm³/mol. The molecule has 1 rings (SSSR count). The van der Waals surface area contributed by atoms with E-state index in [1.807, 2.05) is 13.8 Å². The molecule has 0 spiro atoms. The van der Waals surface area contributed by atoms with Crippen molar-refractivity contribution >= 4 is 5.82 Å². The Labute approximate surface area is 65.5 Å². The van der Waals surface area contributed by atoms with Crippen LogP contribution in [0.3, 0.4) is 0 Å². The Balaban J connectivity index is 0.000000461. The molecule has 0 aliphatic heterocycles. The summed E-state index contributed by atoms with van der Waals surface area (Å²) in [6, 6.07) is 0. The van der Waals surface area contributed by atoms with Gasteiger partial charge in [0.15, 0.2) is 11.6 Å². The van der Waals surface area contributed by atoms with Gasteiger partial charge in [-0.2, -0.15) is 0 Å². The maximum absolute atomic E-state index is 12.5. The van der Waals surface area contributed by atoms with Gasteiger partial charge in [-0.3, -0.25) is 0 Å². The lowest BCUT2D eigenvalue weighted by atomic mass is 10.4. The second-order valence-corrected chi connectivity index (χ2v) is 1.66. The van der Waals surface area contributed by atoms with E-state index < -0.39 is 5.82 Å². The Hall–Kier alpha value is -1.19. The summed E-state index contributed by atoms with van der Waals surface area (Å²) in [6.07, 6.45) is 1.23. The molecule has 0 amide bonds. The smallest absolute Gasteiger partial charge is 0.186 e. The van der Waals surface area contributed by atoms with Crippen molar-refractivity contribution in [3.63, 3.8) is 0 Å². The van der Waals surface area contributed by atoms with Crippen molar-refractivity contribution in [2.24, 2.45) is 0 Å². The maximum atomic E-state index is 12.5. The number of halogens is 1. The molecule has 0 atom stereocenters. The third kappa shape index (κ3) is 2.49. The number of aromatic nitrogens is 2. The molecule has 1 aromatic heterocycles. The van der Waals surface area contributed by atoms with Crippen LogP contribution in [0.1, 0.15) is 19.5 Å². The average molecular weight is 157 g/mol. The number of hydrogen-bond donors (Lipinski definition) is 1. The lowest BCUT2D eigenvalue weighted by molar-refractivity contribution is 0.607. The molecule has 3 nitrogen and oxygen atoms in total. The van der Waals surface area contributed by atoms with Crippen molar-refractivity contribution in [1.82, 2.24) is 9.97 Å². The zero-order chi connectivity index (χ0) is 8.85. The summed E-state index contributed by atoms with van der Waals surface area (Å²) in [4.78, 5) is 7.00. The predicted octanol–water partition coefficient (Wildman–Crippen LogP) is 1.53. The second-order valence-electron chi connectivity index (χ2n) is 1.66. The van der Waals surface area contributed by atoms with Gasteiger partial charge < -0.3 is 5.73 Å².